The molecule has 0 aromatic heterocycles. The number of hydrogen-bond donors (Lipinski definition) is 3. The Morgan fingerprint density at radius 3 is 1.92 bits per heavy atom. The number of carbonyl (C=O) groups excluding carboxylic acids is 3. The molecule has 0 spiro atoms. The lowest BCUT2D eigenvalue weighted by Crippen LogP contribution is -2.24. The van der Waals surface area contributed by atoms with Gasteiger partial charge in [-0.1, -0.05) is 66.7 Å². The largest absolute Gasteiger partial charge is 0.484 e. The predicted molar refractivity (Wildman–Crippen MR) is 140 cm³/mol. The highest BCUT2D eigenvalue weighted by molar-refractivity contribution is 6.11. The van der Waals surface area contributed by atoms with Crippen LogP contribution < -0.4 is 20.7 Å². The summed E-state index contributed by atoms with van der Waals surface area (Å²) in [5.41, 5.74) is 2.37. The van der Waals surface area contributed by atoms with Crippen LogP contribution in [0.2, 0.25) is 0 Å². The molecule has 2 amide bonds. The molecule has 180 valence electrons. The molecule has 4 aromatic rings. The number of carbonyl (C=O) groups is 3. The minimum Gasteiger partial charge on any atom is -0.484 e. The summed E-state index contributed by atoms with van der Waals surface area (Å²) in [7, 11) is 0. The number of anilines is 3. The number of hydrogen-bond acceptors (Lipinski definition) is 5. The molecular weight excluding hydrogens is 454 g/mol. The lowest BCUT2D eigenvalue weighted by atomic mass is 10.0. The molecule has 36 heavy (non-hydrogen) atoms. The van der Waals surface area contributed by atoms with Gasteiger partial charge in [-0.15, -0.1) is 0 Å². The van der Waals surface area contributed by atoms with E-state index in [1.165, 1.54) is 0 Å². The molecule has 4 aromatic carbocycles. The molecular formula is C29H25N3O4. The quantitative estimate of drug-likeness (QED) is 0.279. The summed E-state index contributed by atoms with van der Waals surface area (Å²) in [6.07, 6.45) is 0. The van der Waals surface area contributed by atoms with E-state index in [4.69, 9.17) is 4.74 Å². The van der Waals surface area contributed by atoms with E-state index in [0.717, 1.165) is 5.69 Å². The van der Waals surface area contributed by atoms with Crippen molar-refractivity contribution in [1.29, 1.82) is 0 Å². The van der Waals surface area contributed by atoms with Gasteiger partial charge in [-0.2, -0.15) is 0 Å². The fraction of sp³-hybridized carbons (Fsp3) is 0.0690. The van der Waals surface area contributed by atoms with Gasteiger partial charge in [0.15, 0.2) is 12.4 Å². The van der Waals surface area contributed by atoms with Crippen molar-refractivity contribution in [2.75, 3.05) is 29.1 Å². The maximum Gasteiger partial charge on any atom is 0.262 e. The fourth-order valence-electron chi connectivity index (χ4n) is 3.44. The Bertz CT molecular complexity index is 1330. The Morgan fingerprint density at radius 1 is 0.611 bits per heavy atom. The highest BCUT2D eigenvalue weighted by Gasteiger charge is 2.15. The van der Waals surface area contributed by atoms with Crippen molar-refractivity contribution < 1.29 is 19.1 Å². The van der Waals surface area contributed by atoms with Crippen molar-refractivity contribution in [3.63, 3.8) is 0 Å². The molecule has 0 bridgehead atoms. The number of amides is 2. The molecule has 4 rings (SSSR count). The van der Waals surface area contributed by atoms with E-state index >= 15 is 0 Å². The summed E-state index contributed by atoms with van der Waals surface area (Å²) < 4.78 is 5.52. The van der Waals surface area contributed by atoms with Gasteiger partial charge in [0.25, 0.3) is 5.91 Å². The number of rotatable bonds is 10. The first kappa shape index (κ1) is 24.2. The molecule has 0 saturated carbocycles. The van der Waals surface area contributed by atoms with Gasteiger partial charge in [-0.25, -0.2) is 0 Å². The summed E-state index contributed by atoms with van der Waals surface area (Å²) in [4.78, 5) is 38.2. The smallest absolute Gasteiger partial charge is 0.262 e. The molecule has 0 radical (unpaired) electrons. The third kappa shape index (κ3) is 6.80. The summed E-state index contributed by atoms with van der Waals surface area (Å²) in [5, 5.41) is 8.59. The minimum absolute atomic E-state index is 0.0270. The van der Waals surface area contributed by atoms with Gasteiger partial charge in [-0.3, -0.25) is 14.4 Å². The molecule has 7 heteroatoms. The SMILES string of the molecule is O=C(CNc1ccccc1)Nc1ccc(C(=O)c2ccccc2)cc1NC(=O)COc1ccccc1. The fourth-order valence-corrected chi connectivity index (χ4v) is 3.44. The molecule has 0 saturated heterocycles. The van der Waals surface area contributed by atoms with Crippen LogP contribution in [0.15, 0.2) is 109 Å². The Kier molecular flexibility index (Phi) is 8.07. The van der Waals surface area contributed by atoms with Crippen molar-refractivity contribution >= 4 is 34.7 Å². The summed E-state index contributed by atoms with van der Waals surface area (Å²) >= 11 is 0. The summed E-state index contributed by atoms with van der Waals surface area (Å²) in [6.45, 7) is -0.205. The monoisotopic (exact) mass is 479 g/mol. The van der Waals surface area contributed by atoms with Crippen LogP contribution in [-0.4, -0.2) is 30.7 Å². The van der Waals surface area contributed by atoms with Crippen molar-refractivity contribution in [1.82, 2.24) is 0 Å². The van der Waals surface area contributed by atoms with Crippen molar-refractivity contribution in [2.24, 2.45) is 0 Å². The van der Waals surface area contributed by atoms with Crippen molar-refractivity contribution in [3.8, 4) is 5.75 Å². The predicted octanol–water partition coefficient (Wildman–Crippen LogP) is 4.99. The van der Waals surface area contributed by atoms with Crippen molar-refractivity contribution in [3.05, 3.63) is 120 Å². The first-order valence-electron chi connectivity index (χ1n) is 11.4. The Morgan fingerprint density at radius 2 is 1.22 bits per heavy atom. The van der Waals surface area contributed by atoms with Crippen LogP contribution in [0.4, 0.5) is 17.1 Å². The molecule has 0 fully saturated rings. The van der Waals surface area contributed by atoms with Gasteiger partial charge in [-0.05, 0) is 42.5 Å². The van der Waals surface area contributed by atoms with Crippen LogP contribution >= 0.6 is 0 Å². The lowest BCUT2D eigenvalue weighted by Gasteiger charge is -2.15. The van der Waals surface area contributed by atoms with Crippen LogP contribution in [0.3, 0.4) is 0 Å². The number of benzene rings is 4. The first-order valence-corrected chi connectivity index (χ1v) is 11.4. The van der Waals surface area contributed by atoms with E-state index in [1.807, 2.05) is 54.6 Å². The summed E-state index contributed by atoms with van der Waals surface area (Å²) in [5.74, 6) is -0.380. The van der Waals surface area contributed by atoms with E-state index in [-0.39, 0.29) is 24.8 Å². The van der Waals surface area contributed by atoms with Gasteiger partial charge < -0.3 is 20.7 Å². The van der Waals surface area contributed by atoms with Gasteiger partial charge in [0.1, 0.15) is 5.75 Å². The maximum atomic E-state index is 13.0. The van der Waals surface area contributed by atoms with Crippen LogP contribution in [0, 0.1) is 0 Å². The molecule has 3 N–H and O–H groups in total. The second-order valence-electron chi connectivity index (χ2n) is 7.87. The van der Waals surface area contributed by atoms with Crippen molar-refractivity contribution in [2.45, 2.75) is 0 Å². The highest BCUT2D eigenvalue weighted by Crippen LogP contribution is 2.25. The van der Waals surface area contributed by atoms with Crippen LogP contribution in [0.25, 0.3) is 0 Å². The standard InChI is InChI=1S/C29H25N3O4/c33-27(19-30-23-12-6-2-7-13-23)31-25-17-16-22(29(35)21-10-4-1-5-11-21)18-26(25)32-28(34)20-36-24-14-8-3-9-15-24/h1-18,30H,19-20H2,(H,31,33)(H,32,34). The number of para-hydroxylation sites is 2. The molecule has 0 aliphatic rings. The molecule has 7 nitrogen and oxygen atoms in total. The normalized spacial score (nSPS) is 10.2. The van der Waals surface area contributed by atoms with Crippen LogP contribution in [0.1, 0.15) is 15.9 Å². The minimum atomic E-state index is -0.430. The van der Waals surface area contributed by atoms with E-state index in [9.17, 15) is 14.4 Å². The zero-order valence-electron chi connectivity index (χ0n) is 19.4. The zero-order chi connectivity index (χ0) is 25.2. The molecule has 0 aliphatic heterocycles. The highest BCUT2D eigenvalue weighted by atomic mass is 16.5. The van der Waals surface area contributed by atoms with E-state index < -0.39 is 5.91 Å². The Labute approximate surface area is 209 Å². The number of nitrogens with one attached hydrogen (secondary N) is 3. The zero-order valence-corrected chi connectivity index (χ0v) is 19.4. The van der Waals surface area contributed by atoms with E-state index in [0.29, 0.717) is 28.3 Å². The average Bonchev–Trinajstić information content (AvgIpc) is 2.93. The van der Waals surface area contributed by atoms with Gasteiger partial charge >= 0.3 is 0 Å². The number of ketones is 1. The number of ether oxygens (including phenoxy) is 1. The molecule has 0 heterocycles. The van der Waals surface area contributed by atoms with Gasteiger partial charge in [0.2, 0.25) is 5.91 Å². The first-order chi connectivity index (χ1) is 17.6. The Balaban J connectivity index is 1.49. The lowest BCUT2D eigenvalue weighted by molar-refractivity contribution is -0.118. The van der Waals surface area contributed by atoms with Gasteiger partial charge in [0, 0.05) is 16.8 Å². The summed E-state index contributed by atoms with van der Waals surface area (Å²) in [6, 6.07) is 31.9. The topological polar surface area (TPSA) is 96.5 Å². The Hall–Kier alpha value is -4.91. The van der Waals surface area contributed by atoms with Crippen LogP contribution in [-0.2, 0) is 9.59 Å². The van der Waals surface area contributed by atoms with Gasteiger partial charge in [0.05, 0.1) is 17.9 Å². The third-order valence-electron chi connectivity index (χ3n) is 5.21. The van der Waals surface area contributed by atoms with Crippen LogP contribution in [0.5, 0.6) is 5.75 Å². The maximum absolute atomic E-state index is 13.0. The molecule has 0 aliphatic carbocycles. The molecule has 0 unspecified atom stereocenters. The van der Waals surface area contributed by atoms with E-state index in [2.05, 4.69) is 16.0 Å². The second-order valence-corrected chi connectivity index (χ2v) is 7.87. The van der Waals surface area contributed by atoms with E-state index in [1.54, 1.807) is 54.6 Å². The third-order valence-corrected chi connectivity index (χ3v) is 5.21. The second kappa shape index (κ2) is 12.0. The average molecular weight is 480 g/mol. The molecule has 0 atom stereocenters.